The summed E-state index contributed by atoms with van der Waals surface area (Å²) in [5.41, 5.74) is -0.723. The Balaban J connectivity index is 1.84. The zero-order valence-corrected chi connectivity index (χ0v) is 18.6. The Morgan fingerprint density at radius 1 is 0.943 bits per heavy atom. The molecule has 4 rings (SSSR count). The first-order valence-corrected chi connectivity index (χ1v) is 10.4. The van der Waals surface area contributed by atoms with Gasteiger partial charge in [0.05, 0.1) is 20.8 Å². The molecule has 1 aliphatic rings. The van der Waals surface area contributed by atoms with E-state index in [9.17, 15) is 35.4 Å². The highest BCUT2D eigenvalue weighted by Crippen LogP contribution is 2.39. The van der Waals surface area contributed by atoms with Crippen LogP contribution in [0, 0.1) is 0 Å². The van der Waals surface area contributed by atoms with Crippen LogP contribution in [0.3, 0.4) is 0 Å². The van der Waals surface area contributed by atoms with Gasteiger partial charge in [-0.3, -0.25) is 4.79 Å². The van der Waals surface area contributed by atoms with Crippen LogP contribution in [0.15, 0.2) is 39.5 Å². The lowest BCUT2D eigenvalue weighted by Crippen LogP contribution is -2.60. The Bertz CT molecular complexity index is 1280. The lowest BCUT2D eigenvalue weighted by atomic mass is 9.99. The van der Waals surface area contributed by atoms with E-state index in [1.165, 1.54) is 44.6 Å². The summed E-state index contributed by atoms with van der Waals surface area (Å²) in [4.78, 5) is 13.2. The van der Waals surface area contributed by atoms with Gasteiger partial charge in [-0.25, -0.2) is 0 Å². The minimum Gasteiger partial charge on any atom is -0.504 e. The van der Waals surface area contributed by atoms with Crippen LogP contribution in [0.25, 0.3) is 22.3 Å². The molecule has 2 heterocycles. The first-order chi connectivity index (χ1) is 16.7. The van der Waals surface area contributed by atoms with Gasteiger partial charge in [-0.2, -0.15) is 0 Å². The van der Waals surface area contributed by atoms with Crippen molar-refractivity contribution < 1.29 is 54.0 Å². The van der Waals surface area contributed by atoms with Crippen molar-refractivity contribution in [3.63, 3.8) is 0 Å². The Morgan fingerprint density at radius 2 is 1.69 bits per heavy atom. The van der Waals surface area contributed by atoms with Gasteiger partial charge in [0.1, 0.15) is 46.9 Å². The highest BCUT2D eigenvalue weighted by Gasteiger charge is 2.45. The van der Waals surface area contributed by atoms with E-state index in [-0.39, 0.29) is 45.3 Å². The van der Waals surface area contributed by atoms with E-state index in [2.05, 4.69) is 0 Å². The normalized spacial score (nSPS) is 24.3. The number of rotatable bonds is 6. The van der Waals surface area contributed by atoms with Gasteiger partial charge in [-0.15, -0.1) is 0 Å². The first-order valence-electron chi connectivity index (χ1n) is 10.4. The molecule has 12 nitrogen and oxygen atoms in total. The molecule has 12 heteroatoms. The number of fused-ring (bicyclic) bond motifs is 1. The van der Waals surface area contributed by atoms with Crippen LogP contribution >= 0.6 is 0 Å². The number of hydrogen-bond donors (Lipinski definition) is 6. The lowest BCUT2D eigenvalue weighted by molar-refractivity contribution is -0.277. The Kier molecular flexibility index (Phi) is 6.74. The molecule has 1 saturated heterocycles. The number of methoxy groups -OCH3 is 2. The Hall–Kier alpha value is -3.55. The SMILES string of the molecule is COc1cc(OC2OC(CO)C(O)C(O)C2O)c2c(=O)c(O)c(-c3ccc(O)c(OC)c3)oc2c1. The molecule has 35 heavy (non-hydrogen) atoms. The summed E-state index contributed by atoms with van der Waals surface area (Å²) in [5.74, 6) is -1.10. The van der Waals surface area contributed by atoms with Gasteiger partial charge in [0.15, 0.2) is 17.3 Å². The molecule has 0 saturated carbocycles. The quantitative estimate of drug-likeness (QED) is 0.272. The maximum Gasteiger partial charge on any atom is 0.238 e. The number of ether oxygens (including phenoxy) is 4. The van der Waals surface area contributed by atoms with Crippen molar-refractivity contribution in [3.05, 3.63) is 40.6 Å². The molecule has 0 spiro atoms. The van der Waals surface area contributed by atoms with Crippen LogP contribution in [0.2, 0.25) is 0 Å². The van der Waals surface area contributed by atoms with E-state index >= 15 is 0 Å². The number of aliphatic hydroxyl groups excluding tert-OH is 4. The van der Waals surface area contributed by atoms with Crippen LogP contribution < -0.4 is 19.6 Å². The molecule has 0 amide bonds. The van der Waals surface area contributed by atoms with Gasteiger partial charge in [0.2, 0.25) is 17.5 Å². The van der Waals surface area contributed by atoms with Crippen molar-refractivity contribution in [1.82, 2.24) is 0 Å². The maximum atomic E-state index is 13.2. The topological polar surface area (TPSA) is 189 Å². The summed E-state index contributed by atoms with van der Waals surface area (Å²) in [7, 11) is 2.69. The molecule has 6 N–H and O–H groups in total. The van der Waals surface area contributed by atoms with E-state index in [1.54, 1.807) is 0 Å². The number of aliphatic hydroxyl groups is 4. The standard InChI is InChI=1S/C23H24O12/c1-31-10-6-13-16(14(7-10)34-23-21(30)19(28)17(26)15(8-24)35-23)18(27)20(29)22(33-13)9-3-4-11(25)12(5-9)32-2/h3-7,15,17,19,21,23-26,28-30H,8H2,1-2H3. The molecule has 0 radical (unpaired) electrons. The van der Waals surface area contributed by atoms with Crippen molar-refractivity contribution in [3.8, 4) is 40.1 Å². The molecule has 0 aliphatic carbocycles. The van der Waals surface area contributed by atoms with Crippen LogP contribution in [0.4, 0.5) is 0 Å². The van der Waals surface area contributed by atoms with Crippen LogP contribution in [-0.4, -0.2) is 82.2 Å². The molecular weight excluding hydrogens is 468 g/mol. The smallest absolute Gasteiger partial charge is 0.238 e. The van der Waals surface area contributed by atoms with Crippen LogP contribution in [-0.2, 0) is 4.74 Å². The third kappa shape index (κ3) is 4.33. The molecule has 5 atom stereocenters. The third-order valence-corrected chi connectivity index (χ3v) is 5.68. The molecule has 3 aromatic rings. The maximum absolute atomic E-state index is 13.2. The van der Waals surface area contributed by atoms with Crippen molar-refractivity contribution in [2.45, 2.75) is 30.7 Å². The summed E-state index contributed by atoms with van der Waals surface area (Å²) in [5, 5.41) is 60.0. The number of hydrogen-bond acceptors (Lipinski definition) is 12. The summed E-state index contributed by atoms with van der Waals surface area (Å²) < 4.78 is 27.1. The minimum absolute atomic E-state index is 0.0613. The first kappa shape index (κ1) is 24.6. The summed E-state index contributed by atoms with van der Waals surface area (Å²) in [6, 6.07) is 6.73. The number of aromatic hydroxyl groups is 2. The van der Waals surface area contributed by atoms with E-state index in [1.807, 2.05) is 0 Å². The van der Waals surface area contributed by atoms with E-state index in [0.717, 1.165) is 0 Å². The van der Waals surface area contributed by atoms with E-state index in [4.69, 9.17) is 23.4 Å². The van der Waals surface area contributed by atoms with Gasteiger partial charge >= 0.3 is 0 Å². The summed E-state index contributed by atoms with van der Waals surface area (Å²) >= 11 is 0. The fourth-order valence-corrected chi connectivity index (χ4v) is 3.77. The molecule has 1 aliphatic heterocycles. The third-order valence-electron chi connectivity index (χ3n) is 5.68. The van der Waals surface area contributed by atoms with Gasteiger partial charge in [0.25, 0.3) is 0 Å². The monoisotopic (exact) mass is 492 g/mol. The number of phenols is 1. The molecule has 5 unspecified atom stereocenters. The van der Waals surface area contributed by atoms with Gasteiger partial charge < -0.3 is 54.0 Å². The average Bonchev–Trinajstić information content (AvgIpc) is 2.86. The van der Waals surface area contributed by atoms with Crippen molar-refractivity contribution in [1.29, 1.82) is 0 Å². The highest BCUT2D eigenvalue weighted by atomic mass is 16.7. The Morgan fingerprint density at radius 3 is 2.34 bits per heavy atom. The zero-order valence-electron chi connectivity index (χ0n) is 18.6. The van der Waals surface area contributed by atoms with Crippen molar-refractivity contribution in [2.24, 2.45) is 0 Å². The Labute approximate surface area is 197 Å². The molecule has 1 fully saturated rings. The van der Waals surface area contributed by atoms with Crippen molar-refractivity contribution in [2.75, 3.05) is 20.8 Å². The summed E-state index contributed by atoms with van der Waals surface area (Å²) in [6.07, 6.45) is -7.88. The number of phenolic OH excluding ortho intramolecular Hbond substituents is 1. The molecular formula is C23H24O12. The van der Waals surface area contributed by atoms with Gasteiger partial charge in [-0.1, -0.05) is 0 Å². The predicted molar refractivity (Wildman–Crippen MR) is 119 cm³/mol. The highest BCUT2D eigenvalue weighted by molar-refractivity contribution is 5.88. The second-order valence-corrected chi connectivity index (χ2v) is 7.81. The van der Waals surface area contributed by atoms with Gasteiger partial charge in [-0.05, 0) is 18.2 Å². The van der Waals surface area contributed by atoms with Crippen molar-refractivity contribution >= 4 is 11.0 Å². The zero-order chi connectivity index (χ0) is 25.4. The fourth-order valence-electron chi connectivity index (χ4n) is 3.77. The molecule has 1 aromatic heterocycles. The van der Waals surface area contributed by atoms with Crippen LogP contribution in [0.5, 0.6) is 28.7 Å². The second kappa shape index (κ2) is 9.60. The lowest BCUT2D eigenvalue weighted by Gasteiger charge is -2.39. The number of benzene rings is 2. The predicted octanol–water partition coefficient (Wildman–Crippen LogP) is 0.0671. The average molecular weight is 492 g/mol. The van der Waals surface area contributed by atoms with Gasteiger partial charge in [0, 0.05) is 17.7 Å². The largest absolute Gasteiger partial charge is 0.504 e. The molecule has 2 aromatic carbocycles. The van der Waals surface area contributed by atoms with E-state index < -0.39 is 48.5 Å². The van der Waals surface area contributed by atoms with Crippen LogP contribution in [0.1, 0.15) is 0 Å². The second-order valence-electron chi connectivity index (χ2n) is 7.81. The van der Waals surface area contributed by atoms with E-state index in [0.29, 0.717) is 0 Å². The fraction of sp³-hybridized carbons (Fsp3) is 0.348. The molecule has 188 valence electrons. The minimum atomic E-state index is -1.74. The summed E-state index contributed by atoms with van der Waals surface area (Å²) in [6.45, 7) is -0.675. The molecule has 0 bridgehead atoms.